The van der Waals surface area contributed by atoms with Gasteiger partial charge in [0.2, 0.25) is 0 Å². The first-order valence-electron chi connectivity index (χ1n) is 9.06. The maximum Gasteiger partial charge on any atom is 0.189 e. The summed E-state index contributed by atoms with van der Waals surface area (Å²) in [5, 5.41) is 11.8. The lowest BCUT2D eigenvalue weighted by atomic mass is 10.0. The van der Waals surface area contributed by atoms with Crippen molar-refractivity contribution >= 4 is 5.78 Å². The first kappa shape index (κ1) is 18.8. The second-order valence-electron chi connectivity index (χ2n) is 7.97. The van der Waals surface area contributed by atoms with Crippen molar-refractivity contribution in [1.29, 1.82) is 0 Å². The van der Waals surface area contributed by atoms with Gasteiger partial charge in [-0.2, -0.15) is 0 Å². The smallest absolute Gasteiger partial charge is 0.189 e. The van der Waals surface area contributed by atoms with Crippen molar-refractivity contribution in [2.75, 3.05) is 6.61 Å². The lowest BCUT2D eigenvalue weighted by Crippen LogP contribution is -2.50. The van der Waals surface area contributed by atoms with E-state index in [0.29, 0.717) is 12.2 Å². The number of carbonyl (C=O) groups excluding carboxylic acids is 1. The van der Waals surface area contributed by atoms with Gasteiger partial charge >= 0.3 is 0 Å². The van der Waals surface area contributed by atoms with Crippen LogP contribution in [0.25, 0.3) is 0 Å². The molecule has 1 N–H and O–H groups in total. The number of nitrogens with zero attached hydrogens (tertiary/aromatic N) is 1. The Hall–Kier alpha value is -1.55. The number of allylic oxidation sites excluding steroid dienone is 5. The molecule has 0 spiro atoms. The third-order valence-electron chi connectivity index (χ3n) is 4.95. The Balaban J connectivity index is 1.60. The Labute approximate surface area is 157 Å². The van der Waals surface area contributed by atoms with Gasteiger partial charge in [-0.3, -0.25) is 15.1 Å². The van der Waals surface area contributed by atoms with Gasteiger partial charge in [0.1, 0.15) is 24.4 Å². The number of hydrogen-bond donors (Lipinski definition) is 1. The maximum atomic E-state index is 12.0. The van der Waals surface area contributed by atoms with E-state index in [1.807, 2.05) is 13.8 Å². The quantitative estimate of drug-likeness (QED) is 0.585. The van der Waals surface area contributed by atoms with Crippen LogP contribution in [0.5, 0.6) is 0 Å². The van der Waals surface area contributed by atoms with Crippen molar-refractivity contribution in [3.63, 3.8) is 0 Å². The Kier molecular flexibility index (Phi) is 4.53. The van der Waals surface area contributed by atoms with E-state index < -0.39 is 42.2 Å². The van der Waals surface area contributed by atoms with Crippen LogP contribution in [0.4, 0.5) is 0 Å². The molecule has 4 rings (SSSR count). The molecule has 0 radical (unpaired) electrons. The highest BCUT2D eigenvalue weighted by molar-refractivity contribution is 6.07. The summed E-state index contributed by atoms with van der Waals surface area (Å²) in [7, 11) is 0. The van der Waals surface area contributed by atoms with E-state index in [1.165, 1.54) is 12.3 Å². The van der Waals surface area contributed by atoms with E-state index >= 15 is 0 Å². The summed E-state index contributed by atoms with van der Waals surface area (Å²) >= 11 is 0. The highest BCUT2D eigenvalue weighted by Gasteiger charge is 2.60. The van der Waals surface area contributed by atoms with Gasteiger partial charge in [-0.25, -0.2) is 0 Å². The van der Waals surface area contributed by atoms with Gasteiger partial charge in [0.05, 0.1) is 6.61 Å². The third kappa shape index (κ3) is 3.61. The molecule has 3 saturated heterocycles. The second kappa shape index (κ2) is 6.51. The van der Waals surface area contributed by atoms with Crippen LogP contribution in [0.3, 0.4) is 0 Å². The summed E-state index contributed by atoms with van der Waals surface area (Å²) in [5.74, 6) is -1.75. The van der Waals surface area contributed by atoms with Gasteiger partial charge in [0, 0.05) is 11.8 Å². The van der Waals surface area contributed by atoms with Gasteiger partial charge in [-0.15, -0.1) is 0 Å². The predicted molar refractivity (Wildman–Crippen MR) is 92.4 cm³/mol. The number of fused-ring (bicyclic) bond motifs is 1. The van der Waals surface area contributed by atoms with Crippen LogP contribution < -0.4 is 0 Å². The van der Waals surface area contributed by atoms with Crippen LogP contribution >= 0.6 is 0 Å². The van der Waals surface area contributed by atoms with Crippen molar-refractivity contribution in [3.05, 3.63) is 36.1 Å². The van der Waals surface area contributed by atoms with Crippen LogP contribution in [-0.4, -0.2) is 64.9 Å². The van der Waals surface area contributed by atoms with Crippen molar-refractivity contribution in [2.24, 2.45) is 0 Å². The number of hydrogen-bond acceptors (Lipinski definition) is 8. The fourth-order valence-electron chi connectivity index (χ4n) is 3.82. The SMILES string of the molecule is CC1(C)O[C@H]2O[C@H]([C@H]3COC(C)(C)O3)[C@@H](N(O)/C=C3/C=CC=CC3=O)[C@H]2O1. The molecular formula is C19H25NO7. The number of ketones is 1. The van der Waals surface area contributed by atoms with Gasteiger partial charge in [-0.1, -0.05) is 12.2 Å². The van der Waals surface area contributed by atoms with Crippen molar-refractivity contribution in [1.82, 2.24) is 5.06 Å². The lowest BCUT2D eigenvalue weighted by Gasteiger charge is -2.32. The molecule has 0 aromatic heterocycles. The predicted octanol–water partition coefficient (Wildman–Crippen LogP) is 1.65. The summed E-state index contributed by atoms with van der Waals surface area (Å²) in [6.45, 7) is 7.55. The molecule has 148 valence electrons. The molecular weight excluding hydrogens is 354 g/mol. The summed E-state index contributed by atoms with van der Waals surface area (Å²) in [6, 6.07) is -0.626. The average Bonchev–Trinajstić information content (AvgIpc) is 3.18. The Bertz CT molecular complexity index is 711. The average molecular weight is 379 g/mol. The molecule has 4 aliphatic rings. The highest BCUT2D eigenvalue weighted by Crippen LogP contribution is 2.42. The minimum atomic E-state index is -0.831. The van der Waals surface area contributed by atoms with Gasteiger partial charge in [0.25, 0.3) is 0 Å². The normalized spacial score (nSPS) is 40.7. The Morgan fingerprint density at radius 3 is 2.48 bits per heavy atom. The molecule has 3 fully saturated rings. The fraction of sp³-hybridized carbons (Fsp3) is 0.632. The zero-order chi connectivity index (χ0) is 19.4. The van der Waals surface area contributed by atoms with Crippen LogP contribution in [0.2, 0.25) is 0 Å². The summed E-state index contributed by atoms with van der Waals surface area (Å²) in [4.78, 5) is 12.0. The summed E-state index contributed by atoms with van der Waals surface area (Å²) in [6.07, 6.45) is 5.71. The molecule has 3 heterocycles. The molecule has 3 aliphatic heterocycles. The molecule has 27 heavy (non-hydrogen) atoms. The lowest BCUT2D eigenvalue weighted by molar-refractivity contribution is -0.239. The molecule has 0 unspecified atom stereocenters. The minimum absolute atomic E-state index is 0.186. The Morgan fingerprint density at radius 2 is 1.81 bits per heavy atom. The van der Waals surface area contributed by atoms with Gasteiger partial charge in [-0.05, 0) is 39.8 Å². The van der Waals surface area contributed by atoms with Gasteiger partial charge < -0.3 is 23.7 Å². The minimum Gasteiger partial charge on any atom is -0.348 e. The molecule has 5 atom stereocenters. The second-order valence-corrected chi connectivity index (χ2v) is 7.97. The van der Waals surface area contributed by atoms with E-state index in [0.717, 1.165) is 5.06 Å². The topological polar surface area (TPSA) is 86.7 Å². The Morgan fingerprint density at radius 1 is 1.07 bits per heavy atom. The maximum absolute atomic E-state index is 12.0. The van der Waals surface area contributed by atoms with Crippen molar-refractivity contribution in [3.8, 4) is 0 Å². The summed E-state index contributed by atoms with van der Waals surface area (Å²) in [5.41, 5.74) is 0.365. The highest BCUT2D eigenvalue weighted by atomic mass is 16.8. The third-order valence-corrected chi connectivity index (χ3v) is 4.95. The van der Waals surface area contributed by atoms with Crippen LogP contribution in [-0.2, 0) is 28.5 Å². The number of hydroxylamine groups is 2. The first-order valence-corrected chi connectivity index (χ1v) is 9.06. The molecule has 8 heteroatoms. The molecule has 0 saturated carbocycles. The molecule has 8 nitrogen and oxygen atoms in total. The molecule has 0 aromatic carbocycles. The van der Waals surface area contributed by atoms with Crippen molar-refractivity contribution in [2.45, 2.75) is 69.9 Å². The standard InChI is InChI=1S/C19H25NO7/c1-18(2)23-10-13(25-18)15-14(16-17(24-15)27-19(3,4)26-16)20(22)9-11-7-5-6-8-12(11)21/h5-9,13-17,22H,10H2,1-4H3/b11-9-/t13-,14-,15-,16-,17-/m1/s1. The van der Waals surface area contributed by atoms with Crippen LogP contribution in [0.15, 0.2) is 36.1 Å². The summed E-state index contributed by atoms with van der Waals surface area (Å²) < 4.78 is 29.4. The number of rotatable bonds is 3. The molecule has 0 bridgehead atoms. The van der Waals surface area contributed by atoms with Crippen LogP contribution in [0, 0.1) is 0 Å². The number of ether oxygens (including phenoxy) is 5. The zero-order valence-corrected chi connectivity index (χ0v) is 15.8. The van der Waals surface area contributed by atoms with Crippen molar-refractivity contribution < 1.29 is 33.7 Å². The zero-order valence-electron chi connectivity index (χ0n) is 15.8. The van der Waals surface area contributed by atoms with E-state index in [9.17, 15) is 10.0 Å². The van der Waals surface area contributed by atoms with E-state index in [-0.39, 0.29) is 5.78 Å². The largest absolute Gasteiger partial charge is 0.348 e. The molecule has 0 amide bonds. The molecule has 1 aliphatic carbocycles. The van der Waals surface area contributed by atoms with E-state index in [2.05, 4.69) is 0 Å². The van der Waals surface area contributed by atoms with Crippen LogP contribution in [0.1, 0.15) is 27.7 Å². The van der Waals surface area contributed by atoms with E-state index in [4.69, 9.17) is 23.7 Å². The first-order chi connectivity index (χ1) is 12.7. The fourth-order valence-corrected chi connectivity index (χ4v) is 3.82. The molecule has 0 aromatic rings. The monoisotopic (exact) mass is 379 g/mol. The van der Waals surface area contributed by atoms with E-state index in [1.54, 1.807) is 32.1 Å². The van der Waals surface area contributed by atoms with Gasteiger partial charge in [0.15, 0.2) is 23.6 Å². The number of carbonyl (C=O) groups is 1.